The highest BCUT2D eigenvalue weighted by molar-refractivity contribution is 7.88. The second-order valence-electron chi connectivity index (χ2n) is 10.7. The minimum Gasteiger partial charge on any atom is -0.380 e. The van der Waals surface area contributed by atoms with Crippen molar-refractivity contribution in [3.05, 3.63) is 88.7 Å². The van der Waals surface area contributed by atoms with Crippen molar-refractivity contribution < 1.29 is 43.3 Å². The van der Waals surface area contributed by atoms with Crippen LogP contribution in [0.25, 0.3) is 0 Å². The molecule has 3 aromatic rings. The van der Waals surface area contributed by atoms with Crippen molar-refractivity contribution in [3.63, 3.8) is 0 Å². The third-order valence-electron chi connectivity index (χ3n) is 7.58. The van der Waals surface area contributed by atoms with Crippen molar-refractivity contribution >= 4 is 21.5 Å². The number of rotatable bonds is 9. The first-order valence-electron chi connectivity index (χ1n) is 13.5. The molecule has 3 aromatic carbocycles. The summed E-state index contributed by atoms with van der Waals surface area (Å²) in [4.78, 5) is 3.69. The zero-order chi connectivity index (χ0) is 31.1. The van der Waals surface area contributed by atoms with Crippen molar-refractivity contribution in [2.24, 2.45) is 0 Å². The predicted octanol–water partition coefficient (Wildman–Crippen LogP) is 6.33. The number of nitrogens with zero attached hydrogens (tertiary/aromatic N) is 2. The Bertz CT molecular complexity index is 1560. The molecule has 1 saturated heterocycles. The molecule has 2 heterocycles. The van der Waals surface area contributed by atoms with Gasteiger partial charge in [-0.05, 0) is 79.4 Å². The highest BCUT2D eigenvalue weighted by Crippen LogP contribution is 2.44. The highest BCUT2D eigenvalue weighted by Gasteiger charge is 2.49. The number of alkyl halides is 4. The Labute approximate surface area is 244 Å². The van der Waals surface area contributed by atoms with Crippen LogP contribution in [-0.2, 0) is 16.5 Å². The Morgan fingerprint density at radius 2 is 1.63 bits per heavy atom. The summed E-state index contributed by atoms with van der Waals surface area (Å²) in [5.74, 6) is -2.91. The lowest BCUT2D eigenvalue weighted by Crippen LogP contribution is -2.54. The molecule has 2 aliphatic heterocycles. The van der Waals surface area contributed by atoms with Crippen LogP contribution in [-0.4, -0.2) is 57.2 Å². The van der Waals surface area contributed by atoms with E-state index in [9.17, 15) is 30.4 Å². The second-order valence-corrected chi connectivity index (χ2v) is 12.2. The second kappa shape index (κ2) is 11.9. The van der Waals surface area contributed by atoms with Crippen LogP contribution in [0.3, 0.4) is 0 Å². The van der Waals surface area contributed by atoms with Gasteiger partial charge < -0.3 is 14.4 Å². The highest BCUT2D eigenvalue weighted by atomic mass is 32.2. The van der Waals surface area contributed by atoms with Gasteiger partial charge in [-0.3, -0.25) is 9.29 Å². The first-order valence-corrected chi connectivity index (χ1v) is 14.9. The molecule has 0 aromatic heterocycles. The number of fused-ring (bicyclic) bond motifs is 1. The van der Waals surface area contributed by atoms with Crippen LogP contribution in [0, 0.1) is 17.5 Å². The van der Waals surface area contributed by atoms with Gasteiger partial charge in [0.25, 0.3) is 0 Å². The fourth-order valence-electron chi connectivity index (χ4n) is 5.68. The van der Waals surface area contributed by atoms with Gasteiger partial charge in [-0.25, -0.2) is 13.2 Å². The molecule has 0 spiro atoms. The Kier molecular flexibility index (Phi) is 8.54. The average Bonchev–Trinajstić information content (AvgIpc) is 2.89. The minimum atomic E-state index is -5.94. The topological polar surface area (TPSA) is 61.9 Å². The van der Waals surface area contributed by atoms with Crippen LogP contribution < -0.4 is 14.4 Å². The number of anilines is 2. The molecule has 0 saturated carbocycles. The third-order valence-corrected chi connectivity index (χ3v) is 8.56. The first-order chi connectivity index (χ1) is 20.3. The zero-order valence-electron chi connectivity index (χ0n) is 22.8. The smallest absolute Gasteiger partial charge is 0.380 e. The summed E-state index contributed by atoms with van der Waals surface area (Å²) in [6.07, 6.45) is 0.554. The lowest BCUT2D eigenvalue weighted by molar-refractivity contribution is -0.0500. The first kappa shape index (κ1) is 30.9. The van der Waals surface area contributed by atoms with E-state index in [1.807, 2.05) is 4.90 Å². The van der Waals surface area contributed by atoms with Gasteiger partial charge in [-0.15, -0.1) is 0 Å². The van der Waals surface area contributed by atoms with Crippen molar-refractivity contribution in [1.82, 2.24) is 4.90 Å². The maximum atomic E-state index is 15.9. The fraction of sp³-hybridized carbons (Fsp3) is 0.379. The van der Waals surface area contributed by atoms with E-state index in [-0.39, 0.29) is 23.7 Å². The maximum absolute atomic E-state index is 15.9. The summed E-state index contributed by atoms with van der Waals surface area (Å²) in [5, 5.41) is 3.08. The SMILES string of the molecule is C[C@@H]1Cc2cc(OS(=O)(=O)C(F)(F)F)ccc2[C@@H](c2c(F)cc(NC3CN(CCCF)C3)cc2F)N1c1ccc(F)cc1. The molecule has 0 aliphatic carbocycles. The van der Waals surface area contributed by atoms with Crippen molar-refractivity contribution in [2.75, 3.05) is 36.5 Å². The molecule has 0 unspecified atom stereocenters. The van der Waals surface area contributed by atoms with E-state index in [0.29, 0.717) is 42.9 Å². The predicted molar refractivity (Wildman–Crippen MR) is 147 cm³/mol. The molecular formula is C29H28F7N3O3S. The Balaban J connectivity index is 1.52. The summed E-state index contributed by atoms with van der Waals surface area (Å²) in [6.45, 7) is 3.06. The third kappa shape index (κ3) is 6.40. The molecule has 6 nitrogen and oxygen atoms in total. The molecule has 0 radical (unpaired) electrons. The van der Waals surface area contributed by atoms with Gasteiger partial charge >= 0.3 is 15.6 Å². The zero-order valence-corrected chi connectivity index (χ0v) is 23.7. The average molecular weight is 632 g/mol. The van der Waals surface area contributed by atoms with Crippen molar-refractivity contribution in [2.45, 2.75) is 43.4 Å². The number of hydrogen-bond donors (Lipinski definition) is 1. The van der Waals surface area contributed by atoms with Gasteiger partial charge in [0.2, 0.25) is 0 Å². The van der Waals surface area contributed by atoms with E-state index in [1.54, 1.807) is 11.8 Å². The van der Waals surface area contributed by atoms with Crippen LogP contribution in [0.2, 0.25) is 0 Å². The standard InChI is InChI=1S/C29H28F7N3O3S/c1-17-11-18-12-23(42-43(40,41)29(34,35)36)7-8-24(18)28(39(17)22-5-3-19(31)4-6-22)27-25(32)13-20(14-26(27)33)37-21-15-38(16-21)10-2-9-30/h3-8,12-14,17,21,28,37H,2,9-11,15-16H2,1H3/t17-,28+/m1/s1. The van der Waals surface area contributed by atoms with Gasteiger partial charge in [-0.1, -0.05) is 6.07 Å². The molecule has 2 aliphatic rings. The molecule has 1 N–H and O–H groups in total. The maximum Gasteiger partial charge on any atom is 0.534 e. The van der Waals surface area contributed by atoms with Gasteiger partial charge in [-0.2, -0.15) is 21.6 Å². The van der Waals surface area contributed by atoms with Gasteiger partial charge in [0.1, 0.15) is 23.2 Å². The van der Waals surface area contributed by atoms with Crippen LogP contribution in [0.5, 0.6) is 5.75 Å². The molecule has 0 amide bonds. The van der Waals surface area contributed by atoms with Crippen LogP contribution >= 0.6 is 0 Å². The Hall–Kier alpha value is -3.52. The molecule has 2 atom stereocenters. The lowest BCUT2D eigenvalue weighted by atomic mass is 9.84. The molecular weight excluding hydrogens is 603 g/mol. The van der Waals surface area contributed by atoms with E-state index in [4.69, 9.17) is 0 Å². The van der Waals surface area contributed by atoms with E-state index in [2.05, 4.69) is 9.50 Å². The molecule has 5 rings (SSSR count). The summed E-state index contributed by atoms with van der Waals surface area (Å²) in [6, 6.07) is 9.23. The number of hydrogen-bond acceptors (Lipinski definition) is 6. The quantitative estimate of drug-likeness (QED) is 0.169. The van der Waals surface area contributed by atoms with Crippen LogP contribution in [0.1, 0.15) is 36.1 Å². The van der Waals surface area contributed by atoms with Gasteiger partial charge in [0, 0.05) is 37.1 Å². The fourth-order valence-corrected chi connectivity index (χ4v) is 6.13. The van der Waals surface area contributed by atoms with E-state index < -0.39 is 57.6 Å². The monoisotopic (exact) mass is 631 g/mol. The van der Waals surface area contributed by atoms with Crippen LogP contribution in [0.4, 0.5) is 42.1 Å². The van der Waals surface area contributed by atoms with E-state index in [1.165, 1.54) is 30.3 Å². The number of benzene rings is 3. The Morgan fingerprint density at radius 3 is 2.23 bits per heavy atom. The number of nitrogens with one attached hydrogen (secondary N) is 1. The largest absolute Gasteiger partial charge is 0.534 e. The Morgan fingerprint density at radius 1 is 0.977 bits per heavy atom. The van der Waals surface area contributed by atoms with Gasteiger partial charge in [0.05, 0.1) is 24.3 Å². The number of halogens is 7. The summed E-state index contributed by atoms with van der Waals surface area (Å²) >= 11 is 0. The lowest BCUT2D eigenvalue weighted by Gasteiger charge is -2.44. The summed E-state index contributed by atoms with van der Waals surface area (Å²) < 4.78 is 124. The van der Waals surface area contributed by atoms with Crippen molar-refractivity contribution in [1.29, 1.82) is 0 Å². The summed E-state index contributed by atoms with van der Waals surface area (Å²) in [7, 11) is -5.94. The molecule has 43 heavy (non-hydrogen) atoms. The minimum absolute atomic E-state index is 0.0817. The normalized spacial score (nSPS) is 19.6. The van der Waals surface area contributed by atoms with Crippen molar-refractivity contribution in [3.8, 4) is 5.75 Å². The van der Waals surface area contributed by atoms with E-state index >= 15 is 8.78 Å². The molecule has 14 heteroatoms. The molecule has 0 bridgehead atoms. The van der Waals surface area contributed by atoms with Gasteiger partial charge in [0.15, 0.2) is 0 Å². The molecule has 1 fully saturated rings. The van der Waals surface area contributed by atoms with Crippen LogP contribution in [0.15, 0.2) is 54.6 Å². The van der Waals surface area contributed by atoms with E-state index in [0.717, 1.165) is 24.3 Å². The molecule has 232 valence electrons. The summed E-state index contributed by atoms with van der Waals surface area (Å²) in [5.41, 5.74) is -4.72. The number of likely N-dealkylation sites (tertiary alicyclic amines) is 1.